The van der Waals surface area contributed by atoms with Gasteiger partial charge in [-0.3, -0.25) is 4.79 Å². The van der Waals surface area contributed by atoms with Crippen molar-refractivity contribution in [2.45, 2.75) is 13.3 Å². The average molecular weight is 219 g/mol. The zero-order chi connectivity index (χ0) is 11.4. The molecule has 86 valence electrons. The smallest absolute Gasteiger partial charge is 0.174 e. The maximum atomic E-state index is 12.1. The summed E-state index contributed by atoms with van der Waals surface area (Å²) in [5, 5.41) is 3.27. The van der Waals surface area contributed by atoms with E-state index < -0.39 is 0 Å². The molecule has 1 atom stereocenters. The van der Waals surface area contributed by atoms with Crippen molar-refractivity contribution >= 4 is 5.78 Å². The van der Waals surface area contributed by atoms with Crippen LogP contribution < -0.4 is 10.1 Å². The predicted octanol–water partition coefficient (Wildman–Crippen LogP) is 1.88. The number of hydrogen-bond donors (Lipinski definition) is 1. The second-order valence-corrected chi connectivity index (χ2v) is 4.07. The number of hydrogen-bond acceptors (Lipinski definition) is 3. The van der Waals surface area contributed by atoms with E-state index in [0.717, 1.165) is 24.3 Å². The van der Waals surface area contributed by atoms with Gasteiger partial charge in [-0.1, -0.05) is 19.1 Å². The van der Waals surface area contributed by atoms with Gasteiger partial charge in [-0.2, -0.15) is 0 Å². The fourth-order valence-corrected chi connectivity index (χ4v) is 1.89. The Morgan fingerprint density at radius 3 is 3.06 bits per heavy atom. The van der Waals surface area contributed by atoms with Crippen LogP contribution in [0.25, 0.3) is 0 Å². The number of Topliss-reactive ketones (excluding diaryl/α,β-unsaturated/α-hetero) is 1. The number of carbonyl (C=O) groups is 1. The van der Waals surface area contributed by atoms with Crippen molar-refractivity contribution < 1.29 is 9.53 Å². The SMILES string of the molecule is CCCNC[C@H]1COc2ccccc2C1=O. The first-order valence-corrected chi connectivity index (χ1v) is 5.79. The molecular weight excluding hydrogens is 202 g/mol. The van der Waals surface area contributed by atoms with Crippen molar-refractivity contribution in [1.82, 2.24) is 5.32 Å². The van der Waals surface area contributed by atoms with Crippen molar-refractivity contribution in [2.75, 3.05) is 19.7 Å². The molecule has 0 saturated carbocycles. The molecule has 3 nitrogen and oxygen atoms in total. The molecule has 3 heteroatoms. The van der Waals surface area contributed by atoms with Gasteiger partial charge in [0.05, 0.1) is 18.1 Å². The van der Waals surface area contributed by atoms with Crippen LogP contribution in [-0.2, 0) is 0 Å². The first kappa shape index (κ1) is 11.1. The van der Waals surface area contributed by atoms with E-state index in [-0.39, 0.29) is 11.7 Å². The summed E-state index contributed by atoms with van der Waals surface area (Å²) in [6, 6.07) is 7.45. The maximum absolute atomic E-state index is 12.1. The minimum Gasteiger partial charge on any atom is -0.492 e. The highest BCUT2D eigenvalue weighted by Gasteiger charge is 2.27. The second-order valence-electron chi connectivity index (χ2n) is 4.07. The fourth-order valence-electron chi connectivity index (χ4n) is 1.89. The molecule has 0 radical (unpaired) electrons. The number of benzene rings is 1. The molecule has 1 aliphatic rings. The lowest BCUT2D eigenvalue weighted by atomic mass is 9.95. The number of para-hydroxylation sites is 1. The molecule has 16 heavy (non-hydrogen) atoms. The lowest BCUT2D eigenvalue weighted by Gasteiger charge is -2.24. The molecule has 0 aromatic heterocycles. The molecule has 0 bridgehead atoms. The third-order valence-corrected chi connectivity index (χ3v) is 2.78. The second kappa shape index (κ2) is 5.12. The minimum atomic E-state index is -0.0403. The number of ketones is 1. The van der Waals surface area contributed by atoms with Crippen molar-refractivity contribution in [1.29, 1.82) is 0 Å². The van der Waals surface area contributed by atoms with Gasteiger partial charge >= 0.3 is 0 Å². The number of carbonyl (C=O) groups excluding carboxylic acids is 1. The van der Waals surface area contributed by atoms with Gasteiger partial charge in [0, 0.05) is 6.54 Å². The fraction of sp³-hybridized carbons (Fsp3) is 0.462. The Kier molecular flexibility index (Phi) is 3.57. The standard InChI is InChI=1S/C13H17NO2/c1-2-7-14-8-10-9-16-12-6-4-3-5-11(12)13(10)15/h3-6,10,14H,2,7-9H2,1H3/t10-/m0/s1. The highest BCUT2D eigenvalue weighted by molar-refractivity contribution is 6.01. The van der Waals surface area contributed by atoms with E-state index in [1.54, 1.807) is 0 Å². The zero-order valence-corrected chi connectivity index (χ0v) is 9.53. The Hall–Kier alpha value is -1.35. The Morgan fingerprint density at radius 2 is 2.25 bits per heavy atom. The highest BCUT2D eigenvalue weighted by atomic mass is 16.5. The summed E-state index contributed by atoms with van der Waals surface area (Å²) >= 11 is 0. The molecule has 1 aromatic rings. The first-order chi connectivity index (χ1) is 7.83. The first-order valence-electron chi connectivity index (χ1n) is 5.79. The van der Waals surface area contributed by atoms with Gasteiger partial charge in [-0.25, -0.2) is 0 Å². The normalized spacial score (nSPS) is 19.1. The summed E-state index contributed by atoms with van der Waals surface area (Å²) < 4.78 is 5.58. The molecule has 1 heterocycles. The topological polar surface area (TPSA) is 38.3 Å². The summed E-state index contributed by atoms with van der Waals surface area (Å²) in [5.74, 6) is 0.881. The molecule has 1 N–H and O–H groups in total. The van der Waals surface area contributed by atoms with E-state index in [0.29, 0.717) is 13.2 Å². The Bertz CT molecular complexity index is 376. The van der Waals surface area contributed by atoms with Crippen molar-refractivity contribution in [2.24, 2.45) is 5.92 Å². The molecular formula is C13H17NO2. The number of ether oxygens (including phenoxy) is 1. The number of nitrogens with one attached hydrogen (secondary N) is 1. The van der Waals surface area contributed by atoms with Crippen LogP contribution in [0, 0.1) is 5.92 Å². The van der Waals surface area contributed by atoms with E-state index in [2.05, 4.69) is 12.2 Å². The van der Waals surface area contributed by atoms with E-state index in [4.69, 9.17) is 4.74 Å². The molecule has 0 saturated heterocycles. The van der Waals surface area contributed by atoms with Gasteiger partial charge in [0.25, 0.3) is 0 Å². The molecule has 1 aromatic carbocycles. The molecule has 0 unspecified atom stereocenters. The Balaban J connectivity index is 2.03. The molecule has 2 rings (SSSR count). The molecule has 0 aliphatic carbocycles. The summed E-state index contributed by atoms with van der Waals surface area (Å²) in [6.45, 7) is 4.26. The lowest BCUT2D eigenvalue weighted by Crippen LogP contribution is -2.36. The largest absolute Gasteiger partial charge is 0.492 e. The van der Waals surface area contributed by atoms with Crippen LogP contribution in [0.5, 0.6) is 5.75 Å². The van der Waals surface area contributed by atoms with Crippen LogP contribution in [0.4, 0.5) is 0 Å². The van der Waals surface area contributed by atoms with Crippen LogP contribution in [0.3, 0.4) is 0 Å². The number of rotatable bonds is 4. The van der Waals surface area contributed by atoms with E-state index in [1.165, 1.54) is 0 Å². The van der Waals surface area contributed by atoms with Gasteiger partial charge < -0.3 is 10.1 Å². The summed E-state index contributed by atoms with van der Waals surface area (Å²) in [6.07, 6.45) is 1.08. The molecule has 0 fully saturated rings. The zero-order valence-electron chi connectivity index (χ0n) is 9.53. The summed E-state index contributed by atoms with van der Waals surface area (Å²) in [7, 11) is 0. The van der Waals surface area contributed by atoms with Crippen LogP contribution in [0.1, 0.15) is 23.7 Å². The summed E-state index contributed by atoms with van der Waals surface area (Å²) in [5.41, 5.74) is 0.719. The van der Waals surface area contributed by atoms with E-state index in [1.807, 2.05) is 24.3 Å². The van der Waals surface area contributed by atoms with Crippen LogP contribution in [-0.4, -0.2) is 25.5 Å². The molecule has 0 amide bonds. The Labute approximate surface area is 95.8 Å². The average Bonchev–Trinajstić information content (AvgIpc) is 2.33. The Morgan fingerprint density at radius 1 is 1.44 bits per heavy atom. The van der Waals surface area contributed by atoms with Crippen molar-refractivity contribution in [3.63, 3.8) is 0 Å². The van der Waals surface area contributed by atoms with Crippen LogP contribution in [0.15, 0.2) is 24.3 Å². The van der Waals surface area contributed by atoms with Gasteiger partial charge in [0.15, 0.2) is 5.78 Å². The van der Waals surface area contributed by atoms with E-state index in [9.17, 15) is 4.79 Å². The van der Waals surface area contributed by atoms with Crippen LogP contribution >= 0.6 is 0 Å². The minimum absolute atomic E-state index is 0.0403. The van der Waals surface area contributed by atoms with Gasteiger partial charge in [-0.15, -0.1) is 0 Å². The van der Waals surface area contributed by atoms with Crippen molar-refractivity contribution in [3.05, 3.63) is 29.8 Å². The van der Waals surface area contributed by atoms with Crippen molar-refractivity contribution in [3.8, 4) is 5.75 Å². The maximum Gasteiger partial charge on any atom is 0.174 e. The lowest BCUT2D eigenvalue weighted by molar-refractivity contribution is 0.0830. The molecule has 0 spiro atoms. The predicted molar refractivity (Wildman–Crippen MR) is 62.9 cm³/mol. The molecule has 1 aliphatic heterocycles. The highest BCUT2D eigenvalue weighted by Crippen LogP contribution is 2.26. The van der Waals surface area contributed by atoms with E-state index >= 15 is 0 Å². The quantitative estimate of drug-likeness (QED) is 0.786. The number of fused-ring (bicyclic) bond motifs is 1. The summed E-state index contributed by atoms with van der Waals surface area (Å²) in [4.78, 5) is 12.1. The van der Waals surface area contributed by atoms with Gasteiger partial charge in [0.1, 0.15) is 5.75 Å². The van der Waals surface area contributed by atoms with Crippen LogP contribution in [0.2, 0.25) is 0 Å². The van der Waals surface area contributed by atoms with Gasteiger partial charge in [-0.05, 0) is 25.1 Å². The van der Waals surface area contributed by atoms with Gasteiger partial charge in [0.2, 0.25) is 0 Å². The third-order valence-electron chi connectivity index (χ3n) is 2.78. The monoisotopic (exact) mass is 219 g/mol. The third kappa shape index (κ3) is 2.25.